The normalized spacial score (nSPS) is 10.7. The summed E-state index contributed by atoms with van der Waals surface area (Å²) in [6.45, 7) is 0.593. The maximum Gasteiger partial charge on any atom is 0.267 e. The summed E-state index contributed by atoms with van der Waals surface area (Å²) in [4.78, 5) is 15.2. The van der Waals surface area contributed by atoms with E-state index < -0.39 is 0 Å². The highest BCUT2D eigenvalue weighted by Crippen LogP contribution is 2.14. The van der Waals surface area contributed by atoms with Gasteiger partial charge in [-0.2, -0.15) is 0 Å². The zero-order valence-electron chi connectivity index (χ0n) is 11.4. The Morgan fingerprint density at radius 2 is 1.86 bits per heavy atom. The van der Waals surface area contributed by atoms with E-state index in [2.05, 4.69) is 10.3 Å². The molecule has 0 radical (unpaired) electrons. The van der Waals surface area contributed by atoms with E-state index in [-0.39, 0.29) is 5.91 Å². The van der Waals surface area contributed by atoms with Crippen LogP contribution in [0.15, 0.2) is 54.6 Å². The van der Waals surface area contributed by atoms with Gasteiger partial charge < -0.3 is 10.3 Å². The van der Waals surface area contributed by atoms with Gasteiger partial charge in [-0.3, -0.25) is 4.79 Å². The molecule has 0 saturated carbocycles. The second-order valence-electron chi connectivity index (χ2n) is 4.90. The number of hydrogen-bond donors (Lipinski definition) is 2. The van der Waals surface area contributed by atoms with Crippen molar-refractivity contribution in [3.8, 4) is 0 Å². The molecule has 0 atom stereocenters. The number of aromatic nitrogens is 1. The van der Waals surface area contributed by atoms with Crippen LogP contribution in [0.4, 0.5) is 0 Å². The summed E-state index contributed by atoms with van der Waals surface area (Å²) >= 11 is 5.84. The van der Waals surface area contributed by atoms with E-state index in [0.717, 1.165) is 27.9 Å². The van der Waals surface area contributed by atoms with Gasteiger partial charge >= 0.3 is 0 Å². The lowest BCUT2D eigenvalue weighted by Gasteiger charge is -2.04. The third-order valence-corrected chi connectivity index (χ3v) is 3.64. The van der Waals surface area contributed by atoms with E-state index in [9.17, 15) is 4.79 Å². The van der Waals surface area contributed by atoms with Crippen molar-refractivity contribution in [1.29, 1.82) is 0 Å². The van der Waals surface area contributed by atoms with Crippen LogP contribution in [-0.2, 0) is 6.42 Å². The maximum absolute atomic E-state index is 12.1. The predicted molar refractivity (Wildman–Crippen MR) is 85.8 cm³/mol. The van der Waals surface area contributed by atoms with Gasteiger partial charge in [-0.1, -0.05) is 41.9 Å². The van der Waals surface area contributed by atoms with E-state index in [0.29, 0.717) is 12.2 Å². The molecule has 3 aromatic rings. The quantitative estimate of drug-likeness (QED) is 0.756. The second-order valence-corrected chi connectivity index (χ2v) is 5.34. The first-order valence-corrected chi connectivity index (χ1v) is 7.20. The first-order valence-electron chi connectivity index (χ1n) is 6.83. The molecular weight excluding hydrogens is 284 g/mol. The lowest BCUT2D eigenvalue weighted by atomic mass is 10.1. The molecule has 21 heavy (non-hydrogen) atoms. The number of aromatic amines is 1. The second kappa shape index (κ2) is 6.02. The zero-order chi connectivity index (χ0) is 14.7. The molecule has 0 aliphatic carbocycles. The van der Waals surface area contributed by atoms with Crippen LogP contribution in [0.5, 0.6) is 0 Å². The number of fused-ring (bicyclic) bond motifs is 1. The first-order chi connectivity index (χ1) is 10.2. The van der Waals surface area contributed by atoms with Gasteiger partial charge in [0.1, 0.15) is 5.69 Å². The van der Waals surface area contributed by atoms with Crippen LogP contribution in [-0.4, -0.2) is 17.4 Å². The zero-order valence-corrected chi connectivity index (χ0v) is 12.2. The summed E-state index contributed by atoms with van der Waals surface area (Å²) in [5.74, 6) is -0.0832. The summed E-state index contributed by atoms with van der Waals surface area (Å²) in [6.07, 6.45) is 0.781. The van der Waals surface area contributed by atoms with Crippen molar-refractivity contribution in [3.63, 3.8) is 0 Å². The molecule has 0 spiro atoms. The Bertz CT molecular complexity index is 729. The Labute approximate surface area is 127 Å². The lowest BCUT2D eigenvalue weighted by Crippen LogP contribution is -2.25. The minimum absolute atomic E-state index is 0.0832. The molecule has 0 unspecified atom stereocenters. The summed E-state index contributed by atoms with van der Waals surface area (Å²) in [5, 5.41) is 4.68. The molecule has 3 nitrogen and oxygen atoms in total. The van der Waals surface area contributed by atoms with Crippen molar-refractivity contribution in [3.05, 3.63) is 70.9 Å². The Balaban J connectivity index is 1.60. The number of carbonyl (C=O) groups excluding carboxylic acids is 1. The molecule has 1 heterocycles. The van der Waals surface area contributed by atoms with Crippen molar-refractivity contribution in [2.75, 3.05) is 6.54 Å². The van der Waals surface area contributed by atoms with Gasteiger partial charge in [0.25, 0.3) is 5.91 Å². The average Bonchev–Trinajstić information content (AvgIpc) is 2.93. The van der Waals surface area contributed by atoms with Crippen molar-refractivity contribution >= 4 is 28.4 Å². The van der Waals surface area contributed by atoms with Gasteiger partial charge in [0.05, 0.1) is 0 Å². The molecule has 106 valence electrons. The third-order valence-electron chi connectivity index (χ3n) is 3.39. The van der Waals surface area contributed by atoms with E-state index in [1.54, 1.807) is 0 Å². The summed E-state index contributed by atoms with van der Waals surface area (Å²) in [7, 11) is 0. The third kappa shape index (κ3) is 3.26. The number of rotatable bonds is 4. The minimum Gasteiger partial charge on any atom is -0.351 e. The molecule has 2 N–H and O–H groups in total. The van der Waals surface area contributed by atoms with E-state index in [1.165, 1.54) is 0 Å². The van der Waals surface area contributed by atoms with Crippen LogP contribution in [0.1, 0.15) is 16.1 Å². The van der Waals surface area contributed by atoms with E-state index in [1.807, 2.05) is 54.6 Å². The largest absolute Gasteiger partial charge is 0.351 e. The summed E-state index contributed by atoms with van der Waals surface area (Å²) < 4.78 is 0. The first kappa shape index (κ1) is 13.7. The highest BCUT2D eigenvalue weighted by molar-refractivity contribution is 6.30. The van der Waals surface area contributed by atoms with Crippen LogP contribution >= 0.6 is 11.6 Å². The summed E-state index contributed by atoms with van der Waals surface area (Å²) in [5.41, 5.74) is 2.71. The minimum atomic E-state index is -0.0832. The Morgan fingerprint density at radius 1 is 1.10 bits per heavy atom. The van der Waals surface area contributed by atoms with Crippen LogP contribution in [0.25, 0.3) is 10.9 Å². The molecule has 2 aromatic carbocycles. The van der Waals surface area contributed by atoms with Gasteiger partial charge in [0.2, 0.25) is 0 Å². The molecule has 0 aliphatic heterocycles. The van der Waals surface area contributed by atoms with Gasteiger partial charge in [-0.15, -0.1) is 0 Å². The number of halogens is 1. The van der Waals surface area contributed by atoms with Crippen LogP contribution < -0.4 is 5.32 Å². The number of benzene rings is 2. The Kier molecular flexibility index (Phi) is 3.93. The number of hydrogen-bond acceptors (Lipinski definition) is 1. The standard InChI is InChI=1S/C17H15ClN2O/c18-14-7-5-12(6-8-14)9-10-19-17(21)16-11-13-3-1-2-4-15(13)20-16/h1-8,11,20H,9-10H2,(H,19,21). The number of H-pyrrole nitrogens is 1. The highest BCUT2D eigenvalue weighted by Gasteiger charge is 2.08. The van der Waals surface area contributed by atoms with Crippen molar-refractivity contribution in [1.82, 2.24) is 10.3 Å². The average molecular weight is 299 g/mol. The molecule has 0 fully saturated rings. The molecule has 0 saturated heterocycles. The summed E-state index contributed by atoms with van der Waals surface area (Å²) in [6, 6.07) is 17.4. The van der Waals surface area contributed by atoms with Crippen molar-refractivity contribution in [2.24, 2.45) is 0 Å². The number of carbonyl (C=O) groups is 1. The highest BCUT2D eigenvalue weighted by atomic mass is 35.5. The fourth-order valence-corrected chi connectivity index (χ4v) is 2.39. The molecule has 4 heteroatoms. The fourth-order valence-electron chi connectivity index (χ4n) is 2.26. The smallest absolute Gasteiger partial charge is 0.267 e. The van der Waals surface area contributed by atoms with Gasteiger partial charge in [-0.25, -0.2) is 0 Å². The number of para-hydroxylation sites is 1. The monoisotopic (exact) mass is 298 g/mol. The molecule has 1 amide bonds. The van der Waals surface area contributed by atoms with E-state index >= 15 is 0 Å². The number of nitrogens with one attached hydrogen (secondary N) is 2. The number of amides is 1. The lowest BCUT2D eigenvalue weighted by molar-refractivity contribution is 0.0950. The van der Waals surface area contributed by atoms with Gasteiger partial charge in [0, 0.05) is 22.5 Å². The van der Waals surface area contributed by atoms with Crippen LogP contribution in [0.3, 0.4) is 0 Å². The topological polar surface area (TPSA) is 44.9 Å². The molecule has 0 bridgehead atoms. The van der Waals surface area contributed by atoms with Crippen LogP contribution in [0.2, 0.25) is 5.02 Å². The van der Waals surface area contributed by atoms with Crippen molar-refractivity contribution < 1.29 is 4.79 Å². The molecule has 0 aliphatic rings. The van der Waals surface area contributed by atoms with Crippen LogP contribution in [0, 0.1) is 0 Å². The van der Waals surface area contributed by atoms with Gasteiger partial charge in [-0.05, 0) is 36.2 Å². The fraction of sp³-hybridized carbons (Fsp3) is 0.118. The molecular formula is C17H15ClN2O. The van der Waals surface area contributed by atoms with Crippen molar-refractivity contribution in [2.45, 2.75) is 6.42 Å². The molecule has 1 aromatic heterocycles. The Hall–Kier alpha value is -2.26. The van der Waals surface area contributed by atoms with E-state index in [4.69, 9.17) is 11.6 Å². The molecule has 3 rings (SSSR count). The SMILES string of the molecule is O=C(NCCc1ccc(Cl)cc1)c1cc2ccccc2[nH]1. The van der Waals surface area contributed by atoms with Gasteiger partial charge in [0.15, 0.2) is 0 Å². The predicted octanol–water partition coefficient (Wildman–Crippen LogP) is 3.79. The Morgan fingerprint density at radius 3 is 2.62 bits per heavy atom. The maximum atomic E-state index is 12.1.